The van der Waals surface area contributed by atoms with Crippen molar-refractivity contribution < 1.29 is 9.53 Å². The Hall–Kier alpha value is -1.55. The van der Waals surface area contributed by atoms with E-state index in [1.807, 2.05) is 24.3 Å². The molecule has 1 unspecified atom stereocenters. The molecule has 0 spiro atoms. The number of nitrogens with two attached hydrogens (primary N) is 1. The molecule has 0 aliphatic carbocycles. The number of benzene rings is 1. The van der Waals surface area contributed by atoms with Crippen molar-refractivity contribution in [3.8, 4) is 0 Å². The van der Waals surface area contributed by atoms with Gasteiger partial charge in [0.2, 0.25) is 0 Å². The van der Waals surface area contributed by atoms with Crippen LogP contribution in [0.3, 0.4) is 0 Å². The second-order valence-electron chi connectivity index (χ2n) is 3.70. The van der Waals surface area contributed by atoms with Gasteiger partial charge in [-0.05, 0) is 11.1 Å². The monoisotopic (exact) mass is 206 g/mol. The molecule has 2 N–H and O–H groups in total. The molecular formula is C11H14N2O2. The number of amides is 1. The first-order chi connectivity index (χ1) is 7.20. The van der Waals surface area contributed by atoms with Crippen LogP contribution in [0, 0.1) is 0 Å². The van der Waals surface area contributed by atoms with Crippen molar-refractivity contribution in [2.24, 2.45) is 5.73 Å². The Morgan fingerprint density at radius 3 is 2.60 bits per heavy atom. The fourth-order valence-corrected chi connectivity index (χ4v) is 1.61. The maximum atomic E-state index is 11.2. The van der Waals surface area contributed by atoms with E-state index in [0.717, 1.165) is 11.1 Å². The molecular weight excluding hydrogens is 192 g/mol. The molecule has 1 aromatic carbocycles. The molecule has 1 aromatic rings. The van der Waals surface area contributed by atoms with Gasteiger partial charge in [-0.15, -0.1) is 0 Å². The van der Waals surface area contributed by atoms with E-state index in [0.29, 0.717) is 13.1 Å². The van der Waals surface area contributed by atoms with Gasteiger partial charge >= 0.3 is 6.09 Å². The molecule has 0 bridgehead atoms. The van der Waals surface area contributed by atoms with E-state index in [9.17, 15) is 4.79 Å². The molecule has 1 atom stereocenters. The summed E-state index contributed by atoms with van der Waals surface area (Å²) in [5, 5.41) is 0. The minimum absolute atomic E-state index is 0.144. The van der Waals surface area contributed by atoms with Gasteiger partial charge in [0, 0.05) is 13.6 Å². The summed E-state index contributed by atoms with van der Waals surface area (Å²) in [6.45, 7) is 1.14. The molecule has 1 fully saturated rings. The highest BCUT2D eigenvalue weighted by Gasteiger charge is 2.29. The maximum absolute atomic E-state index is 11.2. The van der Waals surface area contributed by atoms with Crippen LogP contribution in [0.1, 0.15) is 17.2 Å². The molecule has 1 heterocycles. The molecule has 1 aliphatic rings. The van der Waals surface area contributed by atoms with Crippen LogP contribution in [-0.4, -0.2) is 24.6 Å². The van der Waals surface area contributed by atoms with Crippen LogP contribution in [0.2, 0.25) is 0 Å². The Bertz CT molecular complexity index is 361. The highest BCUT2D eigenvalue weighted by molar-refractivity contribution is 5.69. The number of hydrogen-bond donors (Lipinski definition) is 1. The summed E-state index contributed by atoms with van der Waals surface area (Å²) in [6.07, 6.45) is -0.405. The van der Waals surface area contributed by atoms with Crippen molar-refractivity contribution in [1.82, 2.24) is 4.90 Å². The molecule has 0 radical (unpaired) electrons. The summed E-state index contributed by atoms with van der Waals surface area (Å²) >= 11 is 0. The van der Waals surface area contributed by atoms with E-state index in [1.54, 1.807) is 11.9 Å². The van der Waals surface area contributed by atoms with Crippen LogP contribution >= 0.6 is 0 Å². The van der Waals surface area contributed by atoms with Crippen LogP contribution in [0.15, 0.2) is 24.3 Å². The fourth-order valence-electron chi connectivity index (χ4n) is 1.61. The van der Waals surface area contributed by atoms with Crippen LogP contribution in [0.4, 0.5) is 4.79 Å². The predicted octanol–water partition coefficient (Wildman–Crippen LogP) is 1.27. The summed E-state index contributed by atoms with van der Waals surface area (Å²) in [6, 6.07) is 7.83. The van der Waals surface area contributed by atoms with Gasteiger partial charge in [0.1, 0.15) is 6.10 Å². The molecule has 4 nitrogen and oxygen atoms in total. The van der Waals surface area contributed by atoms with Gasteiger partial charge < -0.3 is 15.4 Å². The Morgan fingerprint density at radius 1 is 1.47 bits per heavy atom. The minimum atomic E-state index is -0.261. The lowest BCUT2D eigenvalue weighted by atomic mass is 10.1. The van der Waals surface area contributed by atoms with Crippen molar-refractivity contribution in [3.63, 3.8) is 0 Å². The number of carbonyl (C=O) groups is 1. The summed E-state index contributed by atoms with van der Waals surface area (Å²) in [4.78, 5) is 12.7. The number of hydrogen-bond acceptors (Lipinski definition) is 3. The standard InChI is InChI=1S/C11H14N2O2/c1-13-7-10(15-11(13)14)9-4-2-8(6-12)3-5-9/h2-5,10H,6-7,12H2,1H3. The van der Waals surface area contributed by atoms with Gasteiger partial charge in [0.25, 0.3) is 0 Å². The van der Waals surface area contributed by atoms with E-state index >= 15 is 0 Å². The largest absolute Gasteiger partial charge is 0.439 e. The lowest BCUT2D eigenvalue weighted by Crippen LogP contribution is -2.17. The second-order valence-corrected chi connectivity index (χ2v) is 3.70. The molecule has 1 amide bonds. The molecule has 1 aliphatic heterocycles. The van der Waals surface area contributed by atoms with Gasteiger partial charge in [0.15, 0.2) is 0 Å². The third-order valence-electron chi connectivity index (χ3n) is 2.58. The number of nitrogens with zero attached hydrogens (tertiary/aromatic N) is 1. The molecule has 2 rings (SSSR count). The van der Waals surface area contributed by atoms with E-state index in [-0.39, 0.29) is 12.2 Å². The van der Waals surface area contributed by atoms with Crippen molar-refractivity contribution in [2.45, 2.75) is 12.6 Å². The predicted molar refractivity (Wildman–Crippen MR) is 56.2 cm³/mol. The summed E-state index contributed by atoms with van der Waals surface area (Å²) in [5.74, 6) is 0. The van der Waals surface area contributed by atoms with E-state index in [2.05, 4.69) is 0 Å². The first-order valence-corrected chi connectivity index (χ1v) is 4.91. The lowest BCUT2D eigenvalue weighted by molar-refractivity contribution is 0.135. The minimum Gasteiger partial charge on any atom is -0.439 e. The highest BCUT2D eigenvalue weighted by Crippen LogP contribution is 2.24. The smallest absolute Gasteiger partial charge is 0.410 e. The van der Waals surface area contributed by atoms with Crippen molar-refractivity contribution in [3.05, 3.63) is 35.4 Å². The average Bonchev–Trinajstić information content (AvgIpc) is 2.59. The Morgan fingerprint density at radius 2 is 2.13 bits per heavy atom. The van der Waals surface area contributed by atoms with E-state index in [4.69, 9.17) is 10.5 Å². The topological polar surface area (TPSA) is 55.6 Å². The zero-order valence-electron chi connectivity index (χ0n) is 8.64. The quantitative estimate of drug-likeness (QED) is 0.792. The fraction of sp³-hybridized carbons (Fsp3) is 0.364. The van der Waals surface area contributed by atoms with Crippen molar-refractivity contribution in [2.75, 3.05) is 13.6 Å². The Balaban J connectivity index is 2.13. The van der Waals surface area contributed by atoms with E-state index in [1.165, 1.54) is 0 Å². The lowest BCUT2D eigenvalue weighted by Gasteiger charge is -2.08. The van der Waals surface area contributed by atoms with Gasteiger partial charge in [0.05, 0.1) is 6.54 Å². The number of rotatable bonds is 2. The van der Waals surface area contributed by atoms with Gasteiger partial charge in [-0.1, -0.05) is 24.3 Å². The number of ether oxygens (including phenoxy) is 1. The van der Waals surface area contributed by atoms with Crippen LogP contribution in [-0.2, 0) is 11.3 Å². The van der Waals surface area contributed by atoms with Gasteiger partial charge in [-0.3, -0.25) is 0 Å². The number of carbonyl (C=O) groups excluding carboxylic acids is 1. The first-order valence-electron chi connectivity index (χ1n) is 4.91. The Kier molecular flexibility index (Phi) is 2.60. The average molecular weight is 206 g/mol. The van der Waals surface area contributed by atoms with Gasteiger partial charge in [-0.25, -0.2) is 4.79 Å². The SMILES string of the molecule is CN1CC(c2ccc(CN)cc2)OC1=O. The van der Waals surface area contributed by atoms with Crippen molar-refractivity contribution in [1.29, 1.82) is 0 Å². The molecule has 1 saturated heterocycles. The summed E-state index contributed by atoms with van der Waals surface area (Å²) < 4.78 is 5.19. The summed E-state index contributed by atoms with van der Waals surface area (Å²) in [7, 11) is 1.73. The number of cyclic esters (lactones) is 1. The molecule has 0 saturated carbocycles. The first kappa shape index (κ1) is 9.98. The molecule has 0 aromatic heterocycles. The summed E-state index contributed by atoms with van der Waals surface area (Å²) in [5.41, 5.74) is 7.60. The molecule has 15 heavy (non-hydrogen) atoms. The number of likely N-dealkylation sites (N-methyl/N-ethyl adjacent to an activating group) is 1. The Labute approximate surface area is 88.6 Å². The normalized spacial score (nSPS) is 20.5. The van der Waals surface area contributed by atoms with Crippen LogP contribution in [0.25, 0.3) is 0 Å². The molecule has 4 heteroatoms. The maximum Gasteiger partial charge on any atom is 0.410 e. The third-order valence-corrected chi connectivity index (χ3v) is 2.58. The highest BCUT2D eigenvalue weighted by atomic mass is 16.6. The van der Waals surface area contributed by atoms with Crippen LogP contribution < -0.4 is 5.73 Å². The second kappa shape index (κ2) is 3.90. The zero-order chi connectivity index (χ0) is 10.8. The van der Waals surface area contributed by atoms with Crippen molar-refractivity contribution >= 4 is 6.09 Å². The third kappa shape index (κ3) is 1.94. The van der Waals surface area contributed by atoms with Gasteiger partial charge in [-0.2, -0.15) is 0 Å². The molecule has 80 valence electrons. The van der Waals surface area contributed by atoms with E-state index < -0.39 is 0 Å². The zero-order valence-corrected chi connectivity index (χ0v) is 8.64. The van der Waals surface area contributed by atoms with Crippen LogP contribution in [0.5, 0.6) is 0 Å².